The molecule has 0 bridgehead atoms. The van der Waals surface area contributed by atoms with Crippen LogP contribution in [0.25, 0.3) is 0 Å². The average Bonchev–Trinajstić information content (AvgIpc) is 3.06. The molecule has 1 aliphatic rings. The predicted octanol–water partition coefficient (Wildman–Crippen LogP) is 2.74. The Hall–Kier alpha value is -1.51. The van der Waals surface area contributed by atoms with Gasteiger partial charge in [0.25, 0.3) is 0 Å². The summed E-state index contributed by atoms with van der Waals surface area (Å²) in [6.07, 6.45) is 2.03. The fraction of sp³-hybridized carbons (Fsp3) is 0.462. The summed E-state index contributed by atoms with van der Waals surface area (Å²) in [6.45, 7) is 4.56. The van der Waals surface area contributed by atoms with Crippen LogP contribution in [0.5, 0.6) is 5.75 Å². The van der Waals surface area contributed by atoms with Gasteiger partial charge < -0.3 is 10.1 Å². The van der Waals surface area contributed by atoms with Gasteiger partial charge in [0, 0.05) is 5.92 Å². The fourth-order valence-corrected chi connectivity index (χ4v) is 1.59. The number of amides is 1. The summed E-state index contributed by atoms with van der Waals surface area (Å²) in [4.78, 5) is 11.6. The second-order valence-corrected chi connectivity index (χ2v) is 4.20. The van der Waals surface area contributed by atoms with Crippen molar-refractivity contribution >= 4 is 11.6 Å². The van der Waals surface area contributed by atoms with Crippen molar-refractivity contribution in [2.24, 2.45) is 5.92 Å². The zero-order valence-electron chi connectivity index (χ0n) is 9.75. The number of carbonyl (C=O) groups excluding carboxylic acids is 1. The Morgan fingerprint density at radius 2 is 2.25 bits per heavy atom. The Morgan fingerprint density at radius 3 is 2.88 bits per heavy atom. The molecular formula is C13H17NO2. The average molecular weight is 219 g/mol. The zero-order chi connectivity index (χ0) is 11.5. The van der Waals surface area contributed by atoms with Crippen molar-refractivity contribution in [1.29, 1.82) is 0 Å². The molecule has 0 atom stereocenters. The topological polar surface area (TPSA) is 38.3 Å². The van der Waals surface area contributed by atoms with E-state index in [4.69, 9.17) is 4.74 Å². The van der Waals surface area contributed by atoms with Crippen LogP contribution in [0.2, 0.25) is 0 Å². The molecule has 0 aromatic heterocycles. The first-order valence-corrected chi connectivity index (χ1v) is 5.75. The van der Waals surface area contributed by atoms with Gasteiger partial charge in [0.2, 0.25) is 5.91 Å². The first-order chi connectivity index (χ1) is 7.70. The first kappa shape index (κ1) is 11.0. The van der Waals surface area contributed by atoms with Gasteiger partial charge in [-0.1, -0.05) is 6.07 Å². The summed E-state index contributed by atoms with van der Waals surface area (Å²) >= 11 is 0. The third-order valence-electron chi connectivity index (χ3n) is 2.64. The van der Waals surface area contributed by atoms with E-state index >= 15 is 0 Å². The smallest absolute Gasteiger partial charge is 0.227 e. The molecule has 16 heavy (non-hydrogen) atoms. The normalized spacial score (nSPS) is 14.6. The zero-order valence-corrected chi connectivity index (χ0v) is 9.75. The fourth-order valence-electron chi connectivity index (χ4n) is 1.59. The lowest BCUT2D eigenvalue weighted by Gasteiger charge is -2.11. The largest absolute Gasteiger partial charge is 0.492 e. The molecule has 1 fully saturated rings. The molecule has 0 radical (unpaired) electrons. The number of hydrogen-bond acceptors (Lipinski definition) is 2. The van der Waals surface area contributed by atoms with Crippen molar-refractivity contribution in [3.63, 3.8) is 0 Å². The first-order valence-electron chi connectivity index (χ1n) is 5.75. The SMILES string of the molecule is CCOc1cc(C)ccc1NC(=O)C1CC1. The highest BCUT2D eigenvalue weighted by atomic mass is 16.5. The summed E-state index contributed by atoms with van der Waals surface area (Å²) in [6, 6.07) is 5.83. The van der Waals surface area contributed by atoms with E-state index in [0.717, 1.165) is 29.8 Å². The highest BCUT2D eigenvalue weighted by molar-refractivity contribution is 5.95. The van der Waals surface area contributed by atoms with Crippen molar-refractivity contribution in [3.05, 3.63) is 23.8 Å². The molecule has 0 heterocycles. The van der Waals surface area contributed by atoms with Crippen LogP contribution in [0.4, 0.5) is 5.69 Å². The van der Waals surface area contributed by atoms with Crippen molar-refractivity contribution in [2.75, 3.05) is 11.9 Å². The third-order valence-corrected chi connectivity index (χ3v) is 2.64. The summed E-state index contributed by atoms with van der Waals surface area (Å²) in [5.41, 5.74) is 1.91. The van der Waals surface area contributed by atoms with Crippen LogP contribution in [0, 0.1) is 12.8 Å². The molecule has 0 spiro atoms. The lowest BCUT2D eigenvalue weighted by atomic mass is 10.2. The number of benzene rings is 1. The van der Waals surface area contributed by atoms with Gasteiger partial charge in [-0.25, -0.2) is 0 Å². The maximum absolute atomic E-state index is 11.6. The second-order valence-electron chi connectivity index (χ2n) is 4.20. The Morgan fingerprint density at radius 1 is 1.50 bits per heavy atom. The van der Waals surface area contributed by atoms with Gasteiger partial charge in [-0.3, -0.25) is 4.79 Å². The van der Waals surface area contributed by atoms with Crippen LogP contribution in [0.15, 0.2) is 18.2 Å². The van der Waals surface area contributed by atoms with E-state index in [-0.39, 0.29) is 11.8 Å². The number of carbonyl (C=O) groups is 1. The van der Waals surface area contributed by atoms with E-state index in [1.165, 1.54) is 0 Å². The Bertz CT molecular complexity index is 397. The number of hydrogen-bond donors (Lipinski definition) is 1. The molecule has 86 valence electrons. The molecular weight excluding hydrogens is 202 g/mol. The monoisotopic (exact) mass is 219 g/mol. The molecule has 1 amide bonds. The number of ether oxygens (including phenoxy) is 1. The van der Waals surface area contributed by atoms with Gasteiger partial charge in [0.1, 0.15) is 5.75 Å². The molecule has 1 saturated carbocycles. The Balaban J connectivity index is 2.14. The van der Waals surface area contributed by atoms with Gasteiger partial charge in [0.05, 0.1) is 12.3 Å². The van der Waals surface area contributed by atoms with Crippen LogP contribution in [0.3, 0.4) is 0 Å². The van der Waals surface area contributed by atoms with Gasteiger partial charge in [0.15, 0.2) is 0 Å². The molecule has 0 unspecified atom stereocenters. The summed E-state index contributed by atoms with van der Waals surface area (Å²) in [5, 5.41) is 2.92. The maximum Gasteiger partial charge on any atom is 0.227 e. The molecule has 2 rings (SSSR count). The molecule has 0 saturated heterocycles. The molecule has 1 aromatic carbocycles. The van der Waals surface area contributed by atoms with E-state index in [9.17, 15) is 4.79 Å². The summed E-state index contributed by atoms with van der Waals surface area (Å²) in [7, 11) is 0. The minimum atomic E-state index is 0.116. The van der Waals surface area contributed by atoms with Gasteiger partial charge >= 0.3 is 0 Å². The van der Waals surface area contributed by atoms with Crippen LogP contribution in [0.1, 0.15) is 25.3 Å². The van der Waals surface area contributed by atoms with Crippen LogP contribution >= 0.6 is 0 Å². The van der Waals surface area contributed by atoms with Crippen molar-refractivity contribution < 1.29 is 9.53 Å². The summed E-state index contributed by atoms with van der Waals surface area (Å²) in [5.74, 6) is 1.09. The summed E-state index contributed by atoms with van der Waals surface area (Å²) < 4.78 is 5.50. The standard InChI is InChI=1S/C13H17NO2/c1-3-16-12-8-9(2)4-7-11(12)14-13(15)10-5-6-10/h4,7-8,10H,3,5-6H2,1-2H3,(H,14,15). The second kappa shape index (κ2) is 4.56. The minimum Gasteiger partial charge on any atom is -0.492 e. The van der Waals surface area contributed by atoms with E-state index < -0.39 is 0 Å². The molecule has 1 N–H and O–H groups in total. The predicted molar refractivity (Wildman–Crippen MR) is 63.7 cm³/mol. The Kier molecular flexibility index (Phi) is 3.13. The molecule has 0 aliphatic heterocycles. The number of nitrogens with one attached hydrogen (secondary N) is 1. The molecule has 1 aliphatic carbocycles. The number of anilines is 1. The highest BCUT2D eigenvalue weighted by Gasteiger charge is 2.30. The van der Waals surface area contributed by atoms with E-state index in [2.05, 4.69) is 5.32 Å². The van der Waals surface area contributed by atoms with Gasteiger partial charge in [-0.15, -0.1) is 0 Å². The maximum atomic E-state index is 11.6. The highest BCUT2D eigenvalue weighted by Crippen LogP contribution is 2.32. The number of rotatable bonds is 4. The van der Waals surface area contributed by atoms with Crippen LogP contribution in [-0.4, -0.2) is 12.5 Å². The Labute approximate surface area is 95.8 Å². The lowest BCUT2D eigenvalue weighted by Crippen LogP contribution is -2.14. The van der Waals surface area contributed by atoms with E-state index in [1.807, 2.05) is 32.0 Å². The molecule has 3 heteroatoms. The lowest BCUT2D eigenvalue weighted by molar-refractivity contribution is -0.117. The number of aryl methyl sites for hydroxylation is 1. The van der Waals surface area contributed by atoms with Crippen molar-refractivity contribution in [2.45, 2.75) is 26.7 Å². The minimum absolute atomic E-state index is 0.116. The van der Waals surface area contributed by atoms with Crippen molar-refractivity contribution in [3.8, 4) is 5.75 Å². The molecule has 1 aromatic rings. The van der Waals surface area contributed by atoms with Crippen LogP contribution in [-0.2, 0) is 4.79 Å². The third kappa shape index (κ3) is 2.54. The van der Waals surface area contributed by atoms with Crippen molar-refractivity contribution in [1.82, 2.24) is 0 Å². The van der Waals surface area contributed by atoms with E-state index in [0.29, 0.717) is 6.61 Å². The molecule has 3 nitrogen and oxygen atoms in total. The quantitative estimate of drug-likeness (QED) is 0.845. The van der Waals surface area contributed by atoms with Gasteiger partial charge in [-0.2, -0.15) is 0 Å². The van der Waals surface area contributed by atoms with E-state index in [1.54, 1.807) is 0 Å². The van der Waals surface area contributed by atoms with Crippen LogP contribution < -0.4 is 10.1 Å². The van der Waals surface area contributed by atoms with Gasteiger partial charge in [-0.05, 0) is 44.4 Å².